The number of benzene rings is 1. The second-order valence-electron chi connectivity index (χ2n) is 5.33. The summed E-state index contributed by atoms with van der Waals surface area (Å²) >= 11 is 6.10. The molecule has 0 amide bonds. The molecule has 0 aliphatic heterocycles. The average Bonchev–Trinajstić information content (AvgIpc) is 2.73. The van der Waals surface area contributed by atoms with Gasteiger partial charge in [-0.3, -0.25) is 4.68 Å². The van der Waals surface area contributed by atoms with E-state index in [2.05, 4.69) is 23.1 Å². The van der Waals surface area contributed by atoms with Gasteiger partial charge in [0.1, 0.15) is 0 Å². The molecule has 20 heavy (non-hydrogen) atoms. The third-order valence-electron chi connectivity index (χ3n) is 3.17. The van der Waals surface area contributed by atoms with Gasteiger partial charge >= 0.3 is 0 Å². The molecule has 0 spiro atoms. The van der Waals surface area contributed by atoms with Crippen LogP contribution in [-0.4, -0.2) is 22.9 Å². The summed E-state index contributed by atoms with van der Waals surface area (Å²) in [6.45, 7) is 2.81. The van der Waals surface area contributed by atoms with E-state index in [-0.39, 0.29) is 6.04 Å². The first-order valence-electron chi connectivity index (χ1n) is 6.68. The van der Waals surface area contributed by atoms with Crippen LogP contribution in [0.5, 0.6) is 0 Å². The summed E-state index contributed by atoms with van der Waals surface area (Å²) in [7, 11) is 3.99. The molecule has 1 aromatic carbocycles. The van der Waals surface area contributed by atoms with Crippen molar-refractivity contribution >= 4 is 17.3 Å². The summed E-state index contributed by atoms with van der Waals surface area (Å²) in [6, 6.07) is 6.08. The predicted octanol–water partition coefficient (Wildman–Crippen LogP) is 2.60. The van der Waals surface area contributed by atoms with Crippen LogP contribution in [0.4, 0.5) is 5.69 Å². The monoisotopic (exact) mass is 292 g/mol. The van der Waals surface area contributed by atoms with Gasteiger partial charge in [0.05, 0.1) is 6.20 Å². The van der Waals surface area contributed by atoms with Crippen molar-refractivity contribution in [1.82, 2.24) is 9.78 Å². The summed E-state index contributed by atoms with van der Waals surface area (Å²) in [4.78, 5) is 2.20. The standard InChI is InChI=1S/C15H21ClN4/c1-11(17)6-13-7-14(16)4-5-15(13)19(2)9-12-8-18-20(3)10-12/h4-5,7-8,10-11H,6,9,17H2,1-3H3. The molecule has 108 valence electrons. The lowest BCUT2D eigenvalue weighted by Gasteiger charge is -2.23. The molecule has 2 N–H and O–H groups in total. The molecule has 0 saturated carbocycles. The minimum atomic E-state index is 0.110. The highest BCUT2D eigenvalue weighted by Crippen LogP contribution is 2.25. The Morgan fingerprint density at radius 2 is 2.20 bits per heavy atom. The maximum Gasteiger partial charge on any atom is 0.0539 e. The Balaban J connectivity index is 2.21. The van der Waals surface area contributed by atoms with E-state index in [9.17, 15) is 0 Å². The first-order valence-corrected chi connectivity index (χ1v) is 7.06. The Morgan fingerprint density at radius 1 is 1.45 bits per heavy atom. The molecular formula is C15H21ClN4. The van der Waals surface area contributed by atoms with Gasteiger partial charge in [-0.1, -0.05) is 11.6 Å². The van der Waals surface area contributed by atoms with Gasteiger partial charge in [0.2, 0.25) is 0 Å². The Bertz CT molecular complexity index is 577. The van der Waals surface area contributed by atoms with E-state index in [0.29, 0.717) is 0 Å². The van der Waals surface area contributed by atoms with Gasteiger partial charge in [0.25, 0.3) is 0 Å². The van der Waals surface area contributed by atoms with Gasteiger partial charge in [-0.15, -0.1) is 0 Å². The highest BCUT2D eigenvalue weighted by atomic mass is 35.5. The van der Waals surface area contributed by atoms with Gasteiger partial charge in [0, 0.05) is 49.2 Å². The van der Waals surface area contributed by atoms with Crippen LogP contribution in [0.15, 0.2) is 30.6 Å². The molecule has 0 bridgehead atoms. The number of aromatic nitrogens is 2. The van der Waals surface area contributed by atoms with Crippen molar-refractivity contribution in [2.75, 3.05) is 11.9 Å². The number of anilines is 1. The first-order chi connectivity index (χ1) is 9.45. The van der Waals surface area contributed by atoms with Crippen molar-refractivity contribution in [3.05, 3.63) is 46.7 Å². The van der Waals surface area contributed by atoms with Crippen LogP contribution in [0.1, 0.15) is 18.1 Å². The summed E-state index contributed by atoms with van der Waals surface area (Å²) in [5.41, 5.74) is 9.44. The minimum Gasteiger partial charge on any atom is -0.370 e. The zero-order chi connectivity index (χ0) is 14.7. The smallest absolute Gasteiger partial charge is 0.0539 e. The van der Waals surface area contributed by atoms with E-state index >= 15 is 0 Å². The Morgan fingerprint density at radius 3 is 2.80 bits per heavy atom. The van der Waals surface area contributed by atoms with Crippen molar-refractivity contribution in [2.24, 2.45) is 12.8 Å². The molecule has 4 nitrogen and oxygen atoms in total. The second kappa shape index (κ2) is 6.29. The number of rotatable bonds is 5. The number of hydrogen-bond acceptors (Lipinski definition) is 3. The second-order valence-corrected chi connectivity index (χ2v) is 5.77. The minimum absolute atomic E-state index is 0.110. The molecule has 0 aliphatic rings. The SMILES string of the molecule is CC(N)Cc1cc(Cl)ccc1N(C)Cc1cnn(C)c1. The van der Waals surface area contributed by atoms with Crippen molar-refractivity contribution in [3.8, 4) is 0 Å². The fourth-order valence-electron chi connectivity index (χ4n) is 2.35. The van der Waals surface area contributed by atoms with Crippen molar-refractivity contribution < 1.29 is 0 Å². The number of aryl methyl sites for hydroxylation is 1. The maximum absolute atomic E-state index is 6.10. The van der Waals surface area contributed by atoms with Gasteiger partial charge in [-0.2, -0.15) is 5.10 Å². The zero-order valence-corrected chi connectivity index (χ0v) is 12.9. The third-order valence-corrected chi connectivity index (χ3v) is 3.41. The Hall–Kier alpha value is -1.52. The van der Waals surface area contributed by atoms with Crippen LogP contribution < -0.4 is 10.6 Å². The highest BCUT2D eigenvalue weighted by Gasteiger charge is 2.11. The van der Waals surface area contributed by atoms with Crippen LogP contribution in [0.2, 0.25) is 5.02 Å². The molecular weight excluding hydrogens is 272 g/mol. The quantitative estimate of drug-likeness (QED) is 0.921. The van der Waals surface area contributed by atoms with Crippen LogP contribution in [0.25, 0.3) is 0 Å². The summed E-state index contributed by atoms with van der Waals surface area (Å²) < 4.78 is 1.81. The molecule has 1 atom stereocenters. The van der Waals surface area contributed by atoms with Crippen molar-refractivity contribution in [2.45, 2.75) is 25.9 Å². The Labute approximate surface area is 125 Å². The van der Waals surface area contributed by atoms with E-state index in [1.54, 1.807) is 0 Å². The lowest BCUT2D eigenvalue weighted by molar-refractivity contribution is 0.734. The van der Waals surface area contributed by atoms with E-state index < -0.39 is 0 Å². The van der Waals surface area contributed by atoms with Gasteiger partial charge in [0.15, 0.2) is 0 Å². The predicted molar refractivity (Wildman–Crippen MR) is 84.1 cm³/mol. The topological polar surface area (TPSA) is 47.1 Å². The van der Waals surface area contributed by atoms with E-state index in [1.165, 1.54) is 11.1 Å². The van der Waals surface area contributed by atoms with E-state index in [1.807, 2.05) is 43.2 Å². The molecule has 1 unspecified atom stereocenters. The number of nitrogens with zero attached hydrogens (tertiary/aromatic N) is 3. The fourth-order valence-corrected chi connectivity index (χ4v) is 2.54. The molecule has 2 rings (SSSR count). The average molecular weight is 293 g/mol. The normalized spacial score (nSPS) is 12.4. The van der Waals surface area contributed by atoms with E-state index in [0.717, 1.165) is 23.7 Å². The fraction of sp³-hybridized carbons (Fsp3) is 0.400. The summed E-state index contributed by atoms with van der Waals surface area (Å²) in [5.74, 6) is 0. The van der Waals surface area contributed by atoms with Gasteiger partial charge in [-0.05, 0) is 37.1 Å². The molecule has 0 fully saturated rings. The molecule has 2 aromatic rings. The highest BCUT2D eigenvalue weighted by molar-refractivity contribution is 6.30. The lowest BCUT2D eigenvalue weighted by Crippen LogP contribution is -2.22. The van der Waals surface area contributed by atoms with Crippen LogP contribution >= 0.6 is 11.6 Å². The molecule has 1 aromatic heterocycles. The number of hydrogen-bond donors (Lipinski definition) is 1. The Kier molecular flexibility index (Phi) is 4.68. The van der Waals surface area contributed by atoms with Crippen molar-refractivity contribution in [3.63, 3.8) is 0 Å². The molecule has 0 aliphatic carbocycles. The summed E-state index contributed by atoms with van der Waals surface area (Å²) in [6.07, 6.45) is 4.72. The number of halogens is 1. The lowest BCUT2D eigenvalue weighted by atomic mass is 10.0. The molecule has 5 heteroatoms. The van der Waals surface area contributed by atoms with Crippen LogP contribution in [0.3, 0.4) is 0 Å². The summed E-state index contributed by atoms with van der Waals surface area (Å²) in [5, 5.41) is 4.95. The van der Waals surface area contributed by atoms with Crippen LogP contribution in [0, 0.1) is 0 Å². The molecule has 0 radical (unpaired) electrons. The third kappa shape index (κ3) is 3.74. The molecule has 0 saturated heterocycles. The molecule has 1 heterocycles. The van der Waals surface area contributed by atoms with Crippen molar-refractivity contribution in [1.29, 1.82) is 0 Å². The largest absolute Gasteiger partial charge is 0.370 e. The first kappa shape index (κ1) is 14.9. The van der Waals surface area contributed by atoms with Crippen LogP contribution in [-0.2, 0) is 20.0 Å². The van der Waals surface area contributed by atoms with Gasteiger partial charge < -0.3 is 10.6 Å². The van der Waals surface area contributed by atoms with E-state index in [4.69, 9.17) is 17.3 Å². The zero-order valence-electron chi connectivity index (χ0n) is 12.2. The van der Waals surface area contributed by atoms with Gasteiger partial charge in [-0.25, -0.2) is 0 Å². The maximum atomic E-state index is 6.10. The number of nitrogens with two attached hydrogens (primary N) is 1.